The maximum absolute atomic E-state index is 12.7. The fourth-order valence-electron chi connectivity index (χ4n) is 2.92. The van der Waals surface area contributed by atoms with Crippen LogP contribution in [-0.2, 0) is 4.79 Å². The van der Waals surface area contributed by atoms with E-state index in [0.29, 0.717) is 17.1 Å². The van der Waals surface area contributed by atoms with Gasteiger partial charge in [0.1, 0.15) is 17.9 Å². The molecule has 4 rings (SSSR count). The maximum atomic E-state index is 12.7. The molecule has 0 N–H and O–H groups in total. The second kappa shape index (κ2) is 6.17. The molecule has 5 heteroatoms. The van der Waals surface area contributed by atoms with Gasteiger partial charge in [0, 0.05) is 22.1 Å². The number of fused-ring (bicyclic) bond motifs is 3. The van der Waals surface area contributed by atoms with E-state index < -0.39 is 0 Å². The van der Waals surface area contributed by atoms with Gasteiger partial charge in [-0.25, -0.2) is 4.79 Å². The van der Waals surface area contributed by atoms with Crippen molar-refractivity contribution in [2.45, 2.75) is 10.8 Å². The Morgan fingerprint density at radius 2 is 1.96 bits per heavy atom. The number of Topliss-reactive ketones (excluding diaryl/α,β-unsaturated/α-hetero) is 1. The summed E-state index contributed by atoms with van der Waals surface area (Å²) in [5.41, 5.74) is 1.08. The number of carbonyl (C=O) groups excluding carboxylic acids is 1. The quantitative estimate of drug-likeness (QED) is 0.680. The molecular formula is C19H14O4S. The molecule has 0 bridgehead atoms. The Morgan fingerprint density at radius 3 is 2.79 bits per heavy atom. The molecule has 3 aromatic rings. The molecule has 120 valence electrons. The van der Waals surface area contributed by atoms with Crippen LogP contribution in [0.4, 0.5) is 0 Å². The Morgan fingerprint density at radius 1 is 1.12 bits per heavy atom. The average molecular weight is 338 g/mol. The number of ether oxygens (including phenoxy) is 1. The first-order valence-corrected chi connectivity index (χ1v) is 8.61. The van der Waals surface area contributed by atoms with Crippen LogP contribution in [0.15, 0.2) is 68.7 Å². The minimum atomic E-state index is -0.386. The first-order valence-electron chi connectivity index (χ1n) is 7.62. The summed E-state index contributed by atoms with van der Waals surface area (Å²) in [6, 6.07) is 16.1. The number of para-hydroxylation sites is 1. The SMILES string of the molecule is O=C(COc1ccccc1)C1CSc2ccc3oc(=O)ccc3c21. The van der Waals surface area contributed by atoms with E-state index >= 15 is 0 Å². The predicted molar refractivity (Wildman–Crippen MR) is 92.9 cm³/mol. The number of thioether (sulfide) groups is 1. The van der Waals surface area contributed by atoms with Crippen LogP contribution < -0.4 is 10.4 Å². The Labute approximate surface area is 142 Å². The van der Waals surface area contributed by atoms with Crippen molar-refractivity contribution in [2.24, 2.45) is 0 Å². The Bertz CT molecular complexity index is 962. The molecular weight excluding hydrogens is 324 g/mol. The predicted octanol–water partition coefficient (Wildman–Crippen LogP) is 3.63. The van der Waals surface area contributed by atoms with E-state index in [0.717, 1.165) is 15.8 Å². The van der Waals surface area contributed by atoms with Crippen molar-refractivity contribution in [1.82, 2.24) is 0 Å². The lowest BCUT2D eigenvalue weighted by Crippen LogP contribution is -2.20. The fraction of sp³-hybridized carbons (Fsp3) is 0.158. The number of rotatable bonds is 4. The van der Waals surface area contributed by atoms with Gasteiger partial charge >= 0.3 is 5.63 Å². The highest BCUT2D eigenvalue weighted by Crippen LogP contribution is 2.43. The van der Waals surface area contributed by atoms with Crippen molar-refractivity contribution < 1.29 is 13.9 Å². The average Bonchev–Trinajstić information content (AvgIpc) is 3.05. The summed E-state index contributed by atoms with van der Waals surface area (Å²) in [5.74, 6) is 1.15. The third-order valence-corrected chi connectivity index (χ3v) is 5.24. The molecule has 0 fully saturated rings. The van der Waals surface area contributed by atoms with Gasteiger partial charge in [-0.05, 0) is 35.9 Å². The number of benzene rings is 2. The molecule has 1 unspecified atom stereocenters. The molecule has 1 aromatic heterocycles. The van der Waals surface area contributed by atoms with Crippen LogP contribution in [0.5, 0.6) is 5.75 Å². The second-order valence-electron chi connectivity index (χ2n) is 5.58. The summed E-state index contributed by atoms with van der Waals surface area (Å²) in [5, 5.41) is 0.829. The zero-order valence-corrected chi connectivity index (χ0v) is 13.5. The van der Waals surface area contributed by atoms with Crippen molar-refractivity contribution >= 4 is 28.5 Å². The summed E-state index contributed by atoms with van der Waals surface area (Å²) in [7, 11) is 0. The van der Waals surface area contributed by atoms with Crippen LogP contribution in [0, 0.1) is 0 Å². The lowest BCUT2D eigenvalue weighted by molar-refractivity contribution is -0.121. The largest absolute Gasteiger partial charge is 0.486 e. The van der Waals surface area contributed by atoms with Gasteiger partial charge < -0.3 is 9.15 Å². The van der Waals surface area contributed by atoms with Gasteiger partial charge in [0.15, 0.2) is 5.78 Å². The minimum Gasteiger partial charge on any atom is -0.486 e. The molecule has 0 amide bonds. The van der Waals surface area contributed by atoms with E-state index in [1.807, 2.05) is 36.4 Å². The first kappa shape index (κ1) is 15.0. The molecule has 0 saturated heterocycles. The highest BCUT2D eigenvalue weighted by Gasteiger charge is 2.31. The molecule has 0 radical (unpaired) electrons. The molecule has 2 heterocycles. The summed E-state index contributed by atoms with van der Waals surface area (Å²) < 4.78 is 10.8. The number of carbonyl (C=O) groups is 1. The third kappa shape index (κ3) is 2.71. The van der Waals surface area contributed by atoms with Crippen molar-refractivity contribution in [2.75, 3.05) is 12.4 Å². The molecule has 1 atom stereocenters. The molecule has 0 aliphatic carbocycles. The Kier molecular flexibility index (Phi) is 3.86. The van der Waals surface area contributed by atoms with Crippen molar-refractivity contribution in [3.8, 4) is 5.75 Å². The van der Waals surface area contributed by atoms with E-state index in [2.05, 4.69) is 0 Å². The van der Waals surface area contributed by atoms with Gasteiger partial charge in [-0.15, -0.1) is 11.8 Å². The monoisotopic (exact) mass is 338 g/mol. The second-order valence-corrected chi connectivity index (χ2v) is 6.64. The normalized spacial score (nSPS) is 16.1. The molecule has 0 spiro atoms. The van der Waals surface area contributed by atoms with Gasteiger partial charge in [-0.3, -0.25) is 4.79 Å². The summed E-state index contributed by atoms with van der Waals surface area (Å²) in [6.07, 6.45) is 0. The maximum Gasteiger partial charge on any atom is 0.336 e. The standard InChI is InChI=1S/C19H14O4S/c20-15(10-22-12-4-2-1-3-5-12)14-11-24-17-8-7-16-13(19(14)17)6-9-18(21)23-16/h1-9,14H,10-11H2. The summed E-state index contributed by atoms with van der Waals surface area (Å²) >= 11 is 1.65. The van der Waals surface area contributed by atoms with Gasteiger partial charge in [-0.2, -0.15) is 0 Å². The summed E-state index contributed by atoms with van der Waals surface area (Å²) in [6.45, 7) is 0.0296. The molecule has 2 aromatic carbocycles. The fourth-order valence-corrected chi connectivity index (χ4v) is 4.19. The highest BCUT2D eigenvalue weighted by molar-refractivity contribution is 7.99. The first-order chi connectivity index (χ1) is 11.7. The minimum absolute atomic E-state index is 0.0296. The molecule has 24 heavy (non-hydrogen) atoms. The molecule has 0 saturated carbocycles. The zero-order valence-electron chi connectivity index (χ0n) is 12.7. The molecule has 4 nitrogen and oxygen atoms in total. The van der Waals surface area contributed by atoms with E-state index in [-0.39, 0.29) is 23.9 Å². The van der Waals surface area contributed by atoms with Crippen LogP contribution in [0.25, 0.3) is 11.0 Å². The van der Waals surface area contributed by atoms with Gasteiger partial charge in [0.2, 0.25) is 0 Å². The van der Waals surface area contributed by atoms with Crippen LogP contribution in [0.1, 0.15) is 11.5 Å². The van der Waals surface area contributed by atoms with Crippen molar-refractivity contribution in [1.29, 1.82) is 0 Å². The number of hydrogen-bond donors (Lipinski definition) is 0. The molecule has 1 aliphatic heterocycles. The van der Waals surface area contributed by atoms with Gasteiger partial charge in [0.25, 0.3) is 0 Å². The Balaban J connectivity index is 1.63. The number of ketones is 1. The van der Waals surface area contributed by atoms with E-state index in [1.165, 1.54) is 6.07 Å². The topological polar surface area (TPSA) is 56.5 Å². The Hall–Kier alpha value is -2.53. The van der Waals surface area contributed by atoms with Crippen molar-refractivity contribution in [3.05, 3.63) is 70.6 Å². The van der Waals surface area contributed by atoms with Gasteiger partial charge in [-0.1, -0.05) is 18.2 Å². The van der Waals surface area contributed by atoms with E-state index in [9.17, 15) is 9.59 Å². The zero-order chi connectivity index (χ0) is 16.5. The number of hydrogen-bond acceptors (Lipinski definition) is 5. The lowest BCUT2D eigenvalue weighted by Gasteiger charge is -2.12. The van der Waals surface area contributed by atoms with Crippen LogP contribution >= 0.6 is 11.8 Å². The van der Waals surface area contributed by atoms with E-state index in [1.54, 1.807) is 23.9 Å². The smallest absolute Gasteiger partial charge is 0.336 e. The summed E-state index contributed by atoms with van der Waals surface area (Å²) in [4.78, 5) is 25.1. The lowest BCUT2D eigenvalue weighted by atomic mass is 9.94. The molecule has 1 aliphatic rings. The van der Waals surface area contributed by atoms with Gasteiger partial charge in [0.05, 0.1) is 5.92 Å². The van der Waals surface area contributed by atoms with Crippen molar-refractivity contribution in [3.63, 3.8) is 0 Å². The van der Waals surface area contributed by atoms with Crippen LogP contribution in [0.3, 0.4) is 0 Å². The van der Waals surface area contributed by atoms with Crippen LogP contribution in [0.2, 0.25) is 0 Å². The third-order valence-electron chi connectivity index (χ3n) is 4.07. The highest BCUT2D eigenvalue weighted by atomic mass is 32.2. The van der Waals surface area contributed by atoms with E-state index in [4.69, 9.17) is 9.15 Å². The van der Waals surface area contributed by atoms with Crippen LogP contribution in [-0.4, -0.2) is 18.1 Å².